The Morgan fingerprint density at radius 1 is 1.38 bits per heavy atom. The normalized spacial score (nSPS) is 13.9. The molecule has 0 bridgehead atoms. The molecule has 0 saturated heterocycles. The van der Waals surface area contributed by atoms with Gasteiger partial charge in [0.25, 0.3) is 5.91 Å². The molecular weight excluding hydrogens is 208 g/mol. The van der Waals surface area contributed by atoms with Crippen molar-refractivity contribution in [1.29, 1.82) is 0 Å². The average Bonchev–Trinajstić information content (AvgIpc) is 2.27. The topological polar surface area (TPSA) is 92.4 Å². The van der Waals surface area contributed by atoms with Crippen molar-refractivity contribution in [1.82, 2.24) is 5.32 Å². The highest BCUT2D eigenvalue weighted by molar-refractivity contribution is 5.89. The SMILES string of the molecule is C[C@@](O)(C(=O)NCC(N)=O)c1ccccc1. The van der Waals surface area contributed by atoms with Crippen LogP contribution >= 0.6 is 0 Å². The monoisotopic (exact) mass is 222 g/mol. The first kappa shape index (κ1) is 12.2. The highest BCUT2D eigenvalue weighted by atomic mass is 16.3. The lowest BCUT2D eigenvalue weighted by molar-refractivity contribution is -0.140. The van der Waals surface area contributed by atoms with Gasteiger partial charge in [-0.15, -0.1) is 0 Å². The molecule has 5 heteroatoms. The van der Waals surface area contributed by atoms with E-state index in [-0.39, 0.29) is 6.54 Å². The number of hydrogen-bond donors (Lipinski definition) is 3. The summed E-state index contributed by atoms with van der Waals surface area (Å²) >= 11 is 0. The number of carbonyl (C=O) groups is 2. The summed E-state index contributed by atoms with van der Waals surface area (Å²) in [7, 11) is 0. The van der Waals surface area contributed by atoms with Gasteiger partial charge in [0.2, 0.25) is 5.91 Å². The predicted molar refractivity (Wildman–Crippen MR) is 58.2 cm³/mol. The molecule has 0 unspecified atom stereocenters. The molecule has 0 aliphatic rings. The Kier molecular flexibility index (Phi) is 3.63. The molecule has 0 aliphatic heterocycles. The van der Waals surface area contributed by atoms with E-state index in [9.17, 15) is 14.7 Å². The maximum absolute atomic E-state index is 11.6. The van der Waals surface area contributed by atoms with E-state index in [1.165, 1.54) is 6.92 Å². The maximum Gasteiger partial charge on any atom is 0.256 e. The first-order chi connectivity index (χ1) is 7.44. The van der Waals surface area contributed by atoms with Crippen molar-refractivity contribution in [2.45, 2.75) is 12.5 Å². The highest BCUT2D eigenvalue weighted by Crippen LogP contribution is 2.19. The van der Waals surface area contributed by atoms with Crippen LogP contribution in [0.1, 0.15) is 12.5 Å². The minimum Gasteiger partial charge on any atom is -0.376 e. The minimum absolute atomic E-state index is 0.290. The summed E-state index contributed by atoms with van der Waals surface area (Å²) in [6.07, 6.45) is 0. The zero-order valence-corrected chi connectivity index (χ0v) is 8.93. The molecule has 0 aromatic heterocycles. The number of aliphatic hydroxyl groups is 1. The zero-order chi connectivity index (χ0) is 12.2. The van der Waals surface area contributed by atoms with Crippen LogP contribution in [0.5, 0.6) is 0 Å². The molecule has 5 nitrogen and oxygen atoms in total. The summed E-state index contributed by atoms with van der Waals surface area (Å²) in [5.41, 5.74) is 3.67. The number of hydrogen-bond acceptors (Lipinski definition) is 3. The van der Waals surface area contributed by atoms with Crippen LogP contribution in [0.25, 0.3) is 0 Å². The van der Waals surface area contributed by atoms with Crippen molar-refractivity contribution in [2.24, 2.45) is 5.73 Å². The van der Waals surface area contributed by atoms with E-state index < -0.39 is 17.4 Å². The lowest BCUT2D eigenvalue weighted by Crippen LogP contribution is -2.45. The van der Waals surface area contributed by atoms with Crippen molar-refractivity contribution < 1.29 is 14.7 Å². The fourth-order valence-electron chi connectivity index (χ4n) is 1.23. The molecule has 0 radical (unpaired) electrons. The zero-order valence-electron chi connectivity index (χ0n) is 8.93. The van der Waals surface area contributed by atoms with Gasteiger partial charge in [-0.3, -0.25) is 9.59 Å². The molecule has 0 heterocycles. The molecule has 86 valence electrons. The van der Waals surface area contributed by atoms with Crippen LogP contribution in [0.4, 0.5) is 0 Å². The number of nitrogens with two attached hydrogens (primary N) is 1. The van der Waals surface area contributed by atoms with Gasteiger partial charge < -0.3 is 16.2 Å². The van der Waals surface area contributed by atoms with Crippen molar-refractivity contribution in [3.63, 3.8) is 0 Å². The molecule has 0 aliphatic carbocycles. The van der Waals surface area contributed by atoms with Gasteiger partial charge in [0.1, 0.15) is 0 Å². The molecular formula is C11H14N2O3. The number of benzene rings is 1. The summed E-state index contributed by atoms with van der Waals surface area (Å²) in [4.78, 5) is 22.1. The fraction of sp³-hybridized carbons (Fsp3) is 0.273. The molecule has 1 aromatic carbocycles. The highest BCUT2D eigenvalue weighted by Gasteiger charge is 2.31. The van der Waals surface area contributed by atoms with Gasteiger partial charge in [0.15, 0.2) is 5.60 Å². The van der Waals surface area contributed by atoms with Crippen LogP contribution in [0.2, 0.25) is 0 Å². The van der Waals surface area contributed by atoms with E-state index in [1.54, 1.807) is 30.3 Å². The van der Waals surface area contributed by atoms with Crippen LogP contribution < -0.4 is 11.1 Å². The number of primary amides is 1. The van der Waals surface area contributed by atoms with Crippen molar-refractivity contribution in [3.8, 4) is 0 Å². The van der Waals surface area contributed by atoms with E-state index in [0.717, 1.165) is 0 Å². The lowest BCUT2D eigenvalue weighted by atomic mass is 9.95. The van der Waals surface area contributed by atoms with Gasteiger partial charge in [0.05, 0.1) is 6.54 Å². The van der Waals surface area contributed by atoms with E-state index >= 15 is 0 Å². The Labute approximate surface area is 93.3 Å². The largest absolute Gasteiger partial charge is 0.376 e. The van der Waals surface area contributed by atoms with Crippen LogP contribution in [0, 0.1) is 0 Å². The number of rotatable bonds is 4. The molecule has 2 amide bonds. The van der Waals surface area contributed by atoms with Crippen LogP contribution in [-0.2, 0) is 15.2 Å². The molecule has 1 aromatic rings. The second-order valence-electron chi connectivity index (χ2n) is 3.59. The standard InChI is InChI=1S/C11H14N2O3/c1-11(16,8-5-3-2-4-6-8)10(15)13-7-9(12)14/h2-6,16H,7H2,1H3,(H2,12,14)(H,13,15)/t11-/m0/s1. The maximum atomic E-state index is 11.6. The summed E-state index contributed by atoms with van der Waals surface area (Å²) in [5, 5.41) is 12.3. The van der Waals surface area contributed by atoms with Gasteiger partial charge >= 0.3 is 0 Å². The molecule has 0 fully saturated rings. The second kappa shape index (κ2) is 4.76. The Balaban J connectivity index is 2.78. The Hall–Kier alpha value is -1.88. The molecule has 0 saturated carbocycles. The van der Waals surface area contributed by atoms with Gasteiger partial charge in [-0.2, -0.15) is 0 Å². The van der Waals surface area contributed by atoms with Gasteiger partial charge in [-0.1, -0.05) is 30.3 Å². The first-order valence-electron chi connectivity index (χ1n) is 4.79. The van der Waals surface area contributed by atoms with E-state index in [2.05, 4.69) is 5.32 Å². The molecule has 0 spiro atoms. The average molecular weight is 222 g/mol. The number of amides is 2. The van der Waals surface area contributed by atoms with Crippen molar-refractivity contribution in [2.75, 3.05) is 6.54 Å². The van der Waals surface area contributed by atoms with Crippen molar-refractivity contribution >= 4 is 11.8 Å². The molecule has 1 atom stereocenters. The third-order valence-electron chi connectivity index (χ3n) is 2.20. The molecule has 1 rings (SSSR count). The third-order valence-corrected chi connectivity index (χ3v) is 2.20. The van der Waals surface area contributed by atoms with Crippen LogP contribution in [-0.4, -0.2) is 23.5 Å². The minimum atomic E-state index is -1.67. The summed E-state index contributed by atoms with van der Waals surface area (Å²) in [6.45, 7) is 1.07. The quantitative estimate of drug-likeness (QED) is 0.641. The molecule has 4 N–H and O–H groups in total. The van der Waals surface area contributed by atoms with E-state index in [4.69, 9.17) is 5.73 Å². The fourth-order valence-corrected chi connectivity index (χ4v) is 1.23. The Morgan fingerprint density at radius 2 is 1.94 bits per heavy atom. The lowest BCUT2D eigenvalue weighted by Gasteiger charge is -2.22. The summed E-state index contributed by atoms with van der Waals surface area (Å²) in [5.74, 6) is -1.31. The Morgan fingerprint density at radius 3 is 2.44 bits per heavy atom. The number of nitrogens with one attached hydrogen (secondary N) is 1. The van der Waals surface area contributed by atoms with E-state index in [0.29, 0.717) is 5.56 Å². The Bertz CT molecular complexity index is 387. The van der Waals surface area contributed by atoms with Gasteiger partial charge in [-0.25, -0.2) is 0 Å². The van der Waals surface area contributed by atoms with E-state index in [1.807, 2.05) is 0 Å². The second-order valence-corrected chi connectivity index (χ2v) is 3.59. The van der Waals surface area contributed by atoms with Gasteiger partial charge in [-0.05, 0) is 12.5 Å². The summed E-state index contributed by atoms with van der Waals surface area (Å²) < 4.78 is 0. The smallest absolute Gasteiger partial charge is 0.256 e. The first-order valence-corrected chi connectivity index (χ1v) is 4.79. The van der Waals surface area contributed by atoms with Crippen molar-refractivity contribution in [3.05, 3.63) is 35.9 Å². The predicted octanol–water partition coefficient (Wildman–Crippen LogP) is -0.504. The molecule has 16 heavy (non-hydrogen) atoms. The van der Waals surface area contributed by atoms with Gasteiger partial charge in [0, 0.05) is 0 Å². The number of carbonyl (C=O) groups excluding carboxylic acids is 2. The van der Waals surface area contributed by atoms with Crippen LogP contribution in [0.15, 0.2) is 30.3 Å². The third kappa shape index (κ3) is 2.80. The van der Waals surface area contributed by atoms with Crippen LogP contribution in [0.3, 0.4) is 0 Å². The summed E-state index contributed by atoms with van der Waals surface area (Å²) in [6, 6.07) is 8.46.